The van der Waals surface area contributed by atoms with Gasteiger partial charge < -0.3 is 10.1 Å². The van der Waals surface area contributed by atoms with E-state index in [0.717, 1.165) is 25.3 Å². The molecule has 0 spiro atoms. The van der Waals surface area contributed by atoms with Crippen molar-refractivity contribution in [1.29, 1.82) is 0 Å². The number of carbonyl (C=O) groups is 1. The Morgan fingerprint density at radius 2 is 2.24 bits per heavy atom. The van der Waals surface area contributed by atoms with Crippen LogP contribution in [0.2, 0.25) is 0 Å². The molecule has 6 nitrogen and oxygen atoms in total. The van der Waals surface area contributed by atoms with Gasteiger partial charge in [0.05, 0.1) is 0 Å². The van der Waals surface area contributed by atoms with Crippen molar-refractivity contribution in [1.82, 2.24) is 9.71 Å². The lowest BCUT2D eigenvalue weighted by Crippen LogP contribution is -2.32. The van der Waals surface area contributed by atoms with Crippen molar-refractivity contribution in [3.63, 3.8) is 0 Å². The Bertz CT molecular complexity index is 516. The zero-order valence-corrected chi connectivity index (χ0v) is 9.96. The van der Waals surface area contributed by atoms with Crippen molar-refractivity contribution in [2.45, 2.75) is 24.2 Å². The first-order valence-electron chi connectivity index (χ1n) is 5.40. The Morgan fingerprint density at radius 1 is 1.53 bits per heavy atom. The normalized spacial score (nSPS) is 16.7. The summed E-state index contributed by atoms with van der Waals surface area (Å²) in [5.41, 5.74) is -0.131. The Labute approximate surface area is 99.1 Å². The van der Waals surface area contributed by atoms with Crippen molar-refractivity contribution in [2.24, 2.45) is 5.92 Å². The monoisotopic (exact) mass is 258 g/mol. The van der Waals surface area contributed by atoms with Crippen molar-refractivity contribution in [3.05, 3.63) is 18.0 Å². The fourth-order valence-electron chi connectivity index (χ4n) is 1.66. The topological polar surface area (TPSA) is 99.3 Å². The molecular weight excluding hydrogens is 244 g/mol. The molecule has 0 radical (unpaired) electrons. The number of hydrogen-bond acceptors (Lipinski definition) is 3. The van der Waals surface area contributed by atoms with Gasteiger partial charge >= 0.3 is 5.97 Å². The quantitative estimate of drug-likeness (QED) is 0.727. The number of aromatic nitrogens is 1. The second kappa shape index (κ2) is 4.50. The molecule has 0 unspecified atom stereocenters. The summed E-state index contributed by atoms with van der Waals surface area (Å²) in [7, 11) is -3.59. The minimum atomic E-state index is -3.59. The van der Waals surface area contributed by atoms with E-state index in [0.29, 0.717) is 12.5 Å². The number of H-pyrrole nitrogens is 1. The summed E-state index contributed by atoms with van der Waals surface area (Å²) in [6.07, 6.45) is 4.44. The summed E-state index contributed by atoms with van der Waals surface area (Å²) in [4.78, 5) is 13.0. The minimum absolute atomic E-state index is 0.0331. The Balaban J connectivity index is 2.04. The number of aromatic carboxylic acids is 1. The van der Waals surface area contributed by atoms with Crippen LogP contribution in [0.15, 0.2) is 17.2 Å². The molecule has 94 valence electrons. The molecule has 0 bridgehead atoms. The van der Waals surface area contributed by atoms with Crippen LogP contribution in [0.25, 0.3) is 0 Å². The third-order valence-corrected chi connectivity index (χ3v) is 4.39. The molecule has 1 heterocycles. The number of rotatable bonds is 5. The van der Waals surface area contributed by atoms with Crippen LogP contribution in [0.3, 0.4) is 0 Å². The van der Waals surface area contributed by atoms with E-state index in [4.69, 9.17) is 5.11 Å². The average molecular weight is 258 g/mol. The lowest BCUT2D eigenvalue weighted by molar-refractivity contribution is 0.0691. The summed E-state index contributed by atoms with van der Waals surface area (Å²) >= 11 is 0. The van der Waals surface area contributed by atoms with Gasteiger partial charge in [-0.3, -0.25) is 0 Å². The lowest BCUT2D eigenvalue weighted by Gasteiger charge is -2.25. The van der Waals surface area contributed by atoms with Gasteiger partial charge in [0.15, 0.2) is 0 Å². The van der Waals surface area contributed by atoms with E-state index >= 15 is 0 Å². The fourth-order valence-corrected chi connectivity index (χ4v) is 2.77. The molecule has 0 atom stereocenters. The van der Waals surface area contributed by atoms with Crippen LogP contribution in [0.5, 0.6) is 0 Å². The lowest BCUT2D eigenvalue weighted by atomic mass is 9.86. The molecule has 0 saturated heterocycles. The zero-order valence-electron chi connectivity index (χ0n) is 9.14. The molecular formula is C10H14N2O4S. The van der Waals surface area contributed by atoms with Crippen molar-refractivity contribution >= 4 is 16.0 Å². The van der Waals surface area contributed by atoms with E-state index in [9.17, 15) is 13.2 Å². The van der Waals surface area contributed by atoms with Crippen LogP contribution in [-0.4, -0.2) is 31.0 Å². The summed E-state index contributed by atoms with van der Waals surface area (Å²) in [6.45, 7) is 0.427. The van der Waals surface area contributed by atoms with Crippen LogP contribution in [0.4, 0.5) is 0 Å². The first-order valence-corrected chi connectivity index (χ1v) is 6.89. The molecule has 0 aromatic carbocycles. The highest BCUT2D eigenvalue weighted by atomic mass is 32.2. The molecule has 3 N–H and O–H groups in total. The molecule has 1 aromatic heterocycles. The molecule has 0 amide bonds. The van der Waals surface area contributed by atoms with Crippen LogP contribution in [0, 0.1) is 5.92 Å². The van der Waals surface area contributed by atoms with Crippen LogP contribution >= 0.6 is 0 Å². The van der Waals surface area contributed by atoms with Crippen molar-refractivity contribution in [3.8, 4) is 0 Å². The molecule has 1 saturated carbocycles. The first kappa shape index (κ1) is 12.1. The second-order valence-electron chi connectivity index (χ2n) is 4.20. The van der Waals surface area contributed by atoms with Gasteiger partial charge in [-0.1, -0.05) is 6.42 Å². The maximum Gasteiger partial charge on any atom is 0.352 e. The van der Waals surface area contributed by atoms with Gasteiger partial charge in [-0.25, -0.2) is 17.9 Å². The van der Waals surface area contributed by atoms with Crippen LogP contribution < -0.4 is 4.72 Å². The fraction of sp³-hybridized carbons (Fsp3) is 0.500. The van der Waals surface area contributed by atoms with E-state index in [-0.39, 0.29) is 10.6 Å². The number of nitrogens with one attached hydrogen (secondary N) is 2. The Kier molecular flexibility index (Phi) is 3.21. The van der Waals surface area contributed by atoms with E-state index in [1.54, 1.807) is 0 Å². The number of carboxylic acids is 1. The maximum absolute atomic E-state index is 11.8. The van der Waals surface area contributed by atoms with Gasteiger partial charge in [-0.05, 0) is 24.8 Å². The van der Waals surface area contributed by atoms with Gasteiger partial charge in [-0.2, -0.15) is 0 Å². The highest BCUT2D eigenvalue weighted by Crippen LogP contribution is 2.25. The van der Waals surface area contributed by atoms with E-state index in [1.807, 2.05) is 0 Å². The van der Waals surface area contributed by atoms with Crippen molar-refractivity contribution < 1.29 is 18.3 Å². The number of aromatic amines is 1. The minimum Gasteiger partial charge on any atom is -0.477 e. The average Bonchev–Trinajstić information content (AvgIpc) is 2.63. The van der Waals surface area contributed by atoms with Gasteiger partial charge in [0.1, 0.15) is 10.6 Å². The SMILES string of the molecule is O=C(O)c1cc(S(=O)(=O)NCC2CCC2)c[nH]1. The zero-order chi connectivity index (χ0) is 12.5. The summed E-state index contributed by atoms with van der Waals surface area (Å²) in [5.74, 6) is -0.756. The maximum atomic E-state index is 11.8. The Morgan fingerprint density at radius 3 is 2.71 bits per heavy atom. The molecule has 2 rings (SSSR count). The largest absolute Gasteiger partial charge is 0.477 e. The molecule has 0 aliphatic heterocycles. The predicted molar refractivity (Wildman–Crippen MR) is 60.3 cm³/mol. The highest BCUT2D eigenvalue weighted by molar-refractivity contribution is 7.89. The standard InChI is InChI=1S/C10H14N2O4S/c13-10(14)9-4-8(6-11-9)17(15,16)12-5-7-2-1-3-7/h4,6-7,11-12H,1-3,5H2,(H,13,14). The number of hydrogen-bond donors (Lipinski definition) is 3. The molecule has 1 aromatic rings. The number of sulfonamides is 1. The summed E-state index contributed by atoms with van der Waals surface area (Å²) in [5, 5.41) is 8.68. The molecule has 7 heteroatoms. The molecule has 1 fully saturated rings. The third-order valence-electron chi connectivity index (χ3n) is 2.98. The Hall–Kier alpha value is -1.34. The second-order valence-corrected chi connectivity index (χ2v) is 5.97. The van der Waals surface area contributed by atoms with Gasteiger partial charge in [0.25, 0.3) is 0 Å². The smallest absolute Gasteiger partial charge is 0.352 e. The van der Waals surface area contributed by atoms with Crippen LogP contribution in [0.1, 0.15) is 29.8 Å². The van der Waals surface area contributed by atoms with Crippen LogP contribution in [-0.2, 0) is 10.0 Å². The molecule has 17 heavy (non-hydrogen) atoms. The summed E-state index contributed by atoms with van der Waals surface area (Å²) < 4.78 is 26.1. The van der Waals surface area contributed by atoms with Gasteiger partial charge in [-0.15, -0.1) is 0 Å². The molecule has 1 aliphatic rings. The van der Waals surface area contributed by atoms with Gasteiger partial charge in [0, 0.05) is 12.7 Å². The van der Waals surface area contributed by atoms with E-state index in [2.05, 4.69) is 9.71 Å². The number of carboxylic acid groups (broad SMARTS) is 1. The van der Waals surface area contributed by atoms with Crippen molar-refractivity contribution in [2.75, 3.05) is 6.54 Å². The molecule has 1 aliphatic carbocycles. The highest BCUT2D eigenvalue weighted by Gasteiger charge is 2.22. The first-order chi connectivity index (χ1) is 7.99. The summed E-state index contributed by atoms with van der Waals surface area (Å²) in [6, 6.07) is 1.12. The van der Waals surface area contributed by atoms with E-state index < -0.39 is 16.0 Å². The van der Waals surface area contributed by atoms with Gasteiger partial charge in [0.2, 0.25) is 10.0 Å². The predicted octanol–water partition coefficient (Wildman–Crippen LogP) is 0.791. The van der Waals surface area contributed by atoms with E-state index in [1.165, 1.54) is 6.20 Å². The third kappa shape index (κ3) is 2.67.